The Morgan fingerprint density at radius 2 is 2.03 bits per heavy atom. The first-order valence-electron chi connectivity index (χ1n) is 11.1. The highest BCUT2D eigenvalue weighted by atomic mass is 32.1. The van der Waals surface area contributed by atoms with Gasteiger partial charge in [0.25, 0.3) is 5.89 Å². The highest BCUT2D eigenvalue weighted by Gasteiger charge is 2.29. The molecular formula is C25H23N5O3S. The van der Waals surface area contributed by atoms with Crippen molar-refractivity contribution < 1.29 is 13.6 Å². The summed E-state index contributed by atoms with van der Waals surface area (Å²) in [6.07, 6.45) is 2.81. The Morgan fingerprint density at radius 3 is 2.74 bits per heavy atom. The molecule has 0 radical (unpaired) electrons. The van der Waals surface area contributed by atoms with Gasteiger partial charge in [0.1, 0.15) is 6.07 Å². The minimum Gasteiger partial charge on any atom is -0.459 e. The lowest BCUT2D eigenvalue weighted by Gasteiger charge is -2.30. The van der Waals surface area contributed by atoms with Crippen molar-refractivity contribution in [1.29, 1.82) is 5.26 Å². The molecule has 1 aliphatic heterocycles. The van der Waals surface area contributed by atoms with E-state index in [1.165, 1.54) is 28.7 Å². The second kappa shape index (κ2) is 9.15. The smallest absolute Gasteiger partial charge is 0.266 e. The number of aromatic nitrogens is 2. The lowest BCUT2D eigenvalue weighted by atomic mass is 9.96. The van der Waals surface area contributed by atoms with E-state index in [2.05, 4.69) is 53.4 Å². The largest absolute Gasteiger partial charge is 0.459 e. The molecule has 0 spiro atoms. The number of benzene rings is 1. The van der Waals surface area contributed by atoms with Gasteiger partial charge in [-0.15, -0.1) is 11.3 Å². The summed E-state index contributed by atoms with van der Waals surface area (Å²) in [5.74, 6) is 1.00. The number of nitrogens with one attached hydrogen (secondary N) is 1. The highest BCUT2D eigenvalue weighted by Crippen LogP contribution is 2.32. The Labute approximate surface area is 200 Å². The Bertz CT molecular complexity index is 1360. The van der Waals surface area contributed by atoms with Crippen molar-refractivity contribution in [1.82, 2.24) is 9.97 Å². The molecule has 1 saturated heterocycles. The fourth-order valence-corrected chi connectivity index (χ4v) is 4.74. The van der Waals surface area contributed by atoms with E-state index in [1.54, 1.807) is 12.1 Å². The minimum atomic E-state index is -0.136. The van der Waals surface area contributed by atoms with Crippen LogP contribution in [0.4, 0.5) is 11.0 Å². The van der Waals surface area contributed by atoms with Crippen molar-refractivity contribution >= 4 is 28.3 Å². The number of thiazole rings is 1. The summed E-state index contributed by atoms with van der Waals surface area (Å²) in [5.41, 5.74) is 4.58. The van der Waals surface area contributed by atoms with Crippen molar-refractivity contribution in [3.63, 3.8) is 0 Å². The van der Waals surface area contributed by atoms with Crippen LogP contribution in [0.1, 0.15) is 29.7 Å². The highest BCUT2D eigenvalue weighted by molar-refractivity contribution is 7.14. The third-order valence-electron chi connectivity index (χ3n) is 6.14. The van der Waals surface area contributed by atoms with Gasteiger partial charge in [0.05, 0.1) is 12.0 Å². The van der Waals surface area contributed by atoms with Crippen molar-refractivity contribution in [2.45, 2.75) is 26.7 Å². The van der Waals surface area contributed by atoms with E-state index in [1.807, 2.05) is 10.3 Å². The summed E-state index contributed by atoms with van der Waals surface area (Å²) in [5, 5.41) is 15.0. The van der Waals surface area contributed by atoms with E-state index in [4.69, 9.17) is 8.83 Å². The molecule has 172 valence electrons. The fourth-order valence-electron chi connectivity index (χ4n) is 4.02. The third-order valence-corrected chi connectivity index (χ3v) is 6.89. The number of piperidine rings is 1. The number of hydrogen-bond donors (Lipinski definition) is 1. The second-order valence-electron chi connectivity index (χ2n) is 8.35. The number of furan rings is 1. The molecule has 0 saturated carbocycles. The molecule has 5 rings (SSSR count). The van der Waals surface area contributed by atoms with Crippen LogP contribution in [0, 0.1) is 31.1 Å². The maximum Gasteiger partial charge on any atom is 0.266 e. The maximum atomic E-state index is 12.9. The van der Waals surface area contributed by atoms with E-state index < -0.39 is 0 Å². The normalized spacial score (nSPS) is 14.2. The van der Waals surface area contributed by atoms with Crippen LogP contribution in [0.15, 0.2) is 50.8 Å². The Morgan fingerprint density at radius 1 is 1.21 bits per heavy atom. The number of amides is 1. The molecule has 4 aromatic rings. The number of nitriles is 1. The molecule has 0 aliphatic carbocycles. The lowest BCUT2D eigenvalue weighted by Crippen LogP contribution is -2.38. The van der Waals surface area contributed by atoms with Gasteiger partial charge in [-0.05, 0) is 56.0 Å². The average Bonchev–Trinajstić information content (AvgIpc) is 3.61. The molecule has 0 bridgehead atoms. The maximum absolute atomic E-state index is 12.9. The number of aryl methyl sites for hydroxylation is 2. The monoisotopic (exact) mass is 473 g/mol. The summed E-state index contributed by atoms with van der Waals surface area (Å²) in [6.45, 7) is 5.34. The molecule has 1 aliphatic rings. The topological polar surface area (TPSA) is 108 Å². The first-order valence-corrected chi connectivity index (χ1v) is 11.9. The summed E-state index contributed by atoms with van der Waals surface area (Å²) in [4.78, 5) is 23.7. The number of hydrogen-bond acceptors (Lipinski definition) is 8. The summed E-state index contributed by atoms with van der Waals surface area (Å²) >= 11 is 1.43. The van der Waals surface area contributed by atoms with Gasteiger partial charge < -0.3 is 19.1 Å². The predicted molar refractivity (Wildman–Crippen MR) is 130 cm³/mol. The molecule has 0 unspecified atom stereocenters. The molecule has 1 fully saturated rings. The number of rotatable bonds is 5. The van der Waals surface area contributed by atoms with Crippen LogP contribution in [0.5, 0.6) is 0 Å². The molecule has 34 heavy (non-hydrogen) atoms. The number of carbonyl (C=O) groups is 1. The van der Waals surface area contributed by atoms with Gasteiger partial charge >= 0.3 is 0 Å². The fraction of sp³-hybridized carbons (Fsp3) is 0.280. The van der Waals surface area contributed by atoms with E-state index in [9.17, 15) is 10.1 Å². The third kappa shape index (κ3) is 4.32. The van der Waals surface area contributed by atoms with Crippen LogP contribution in [0.25, 0.3) is 22.9 Å². The Hall–Kier alpha value is -3.90. The molecule has 1 N–H and O–H groups in total. The quantitative estimate of drug-likeness (QED) is 0.413. The minimum absolute atomic E-state index is 0.0324. The zero-order chi connectivity index (χ0) is 23.7. The predicted octanol–water partition coefficient (Wildman–Crippen LogP) is 5.40. The molecule has 4 heterocycles. The van der Waals surface area contributed by atoms with Gasteiger partial charge in [-0.2, -0.15) is 10.2 Å². The van der Waals surface area contributed by atoms with E-state index in [0.717, 1.165) is 11.3 Å². The zero-order valence-electron chi connectivity index (χ0n) is 18.9. The standard InChI is InChI=1S/C25H23N5O3S/c1-15-5-6-18(12-16(15)2)20-14-34-25(28-20)29-22(31)17-7-9-30(10-8-17)24-19(13-26)27-23(33-24)21-4-3-11-32-21/h3-6,11-12,14,17H,7-10H2,1-2H3,(H,28,29,31). The SMILES string of the molecule is Cc1ccc(-c2csc(NC(=O)C3CCN(c4oc(-c5ccco5)nc4C#N)CC3)n2)cc1C. The second-order valence-corrected chi connectivity index (χ2v) is 9.21. The van der Waals surface area contributed by atoms with Crippen LogP contribution >= 0.6 is 11.3 Å². The van der Waals surface area contributed by atoms with Gasteiger partial charge in [-0.1, -0.05) is 12.1 Å². The Kier molecular flexibility index (Phi) is 5.90. The van der Waals surface area contributed by atoms with Crippen LogP contribution in [-0.2, 0) is 4.79 Å². The van der Waals surface area contributed by atoms with Crippen molar-refractivity contribution in [3.8, 4) is 29.0 Å². The van der Waals surface area contributed by atoms with Crippen molar-refractivity contribution in [3.05, 3.63) is 58.8 Å². The molecule has 3 aromatic heterocycles. The summed E-state index contributed by atoms with van der Waals surface area (Å²) < 4.78 is 11.2. The van der Waals surface area contributed by atoms with Crippen LogP contribution in [0.2, 0.25) is 0 Å². The van der Waals surface area contributed by atoms with Crippen molar-refractivity contribution in [2.24, 2.45) is 5.92 Å². The number of anilines is 2. The van der Waals surface area contributed by atoms with Gasteiger partial charge in [0.2, 0.25) is 17.5 Å². The number of nitrogens with zero attached hydrogens (tertiary/aromatic N) is 4. The first kappa shape index (κ1) is 21.9. The molecule has 8 nitrogen and oxygen atoms in total. The van der Waals surface area contributed by atoms with E-state index in [-0.39, 0.29) is 23.4 Å². The van der Waals surface area contributed by atoms with Crippen LogP contribution in [0.3, 0.4) is 0 Å². The average molecular weight is 474 g/mol. The Balaban J connectivity index is 1.21. The molecule has 9 heteroatoms. The molecule has 1 amide bonds. The number of carbonyl (C=O) groups excluding carboxylic acids is 1. The van der Waals surface area contributed by atoms with E-state index in [0.29, 0.717) is 42.7 Å². The van der Waals surface area contributed by atoms with Crippen LogP contribution < -0.4 is 10.2 Å². The lowest BCUT2D eigenvalue weighted by molar-refractivity contribution is -0.120. The molecule has 1 aromatic carbocycles. The van der Waals surface area contributed by atoms with Crippen molar-refractivity contribution in [2.75, 3.05) is 23.3 Å². The molecule has 0 atom stereocenters. The molecular weight excluding hydrogens is 450 g/mol. The number of oxazole rings is 1. The van der Waals surface area contributed by atoms with E-state index >= 15 is 0 Å². The van der Waals surface area contributed by atoms with Crippen LogP contribution in [-0.4, -0.2) is 29.0 Å². The van der Waals surface area contributed by atoms with Gasteiger partial charge in [0, 0.05) is 30.0 Å². The van der Waals surface area contributed by atoms with Gasteiger partial charge in [0.15, 0.2) is 10.9 Å². The van der Waals surface area contributed by atoms with Gasteiger partial charge in [-0.3, -0.25) is 4.79 Å². The zero-order valence-corrected chi connectivity index (χ0v) is 19.7. The van der Waals surface area contributed by atoms with Gasteiger partial charge in [-0.25, -0.2) is 4.98 Å². The first-order chi connectivity index (χ1) is 16.5. The summed E-state index contributed by atoms with van der Waals surface area (Å²) in [6, 6.07) is 11.8. The summed E-state index contributed by atoms with van der Waals surface area (Å²) in [7, 11) is 0.